The van der Waals surface area contributed by atoms with Gasteiger partial charge < -0.3 is 4.52 Å². The van der Waals surface area contributed by atoms with Crippen LogP contribution in [0.2, 0.25) is 0 Å². The predicted octanol–water partition coefficient (Wildman–Crippen LogP) is 3.20. The van der Waals surface area contributed by atoms with Crippen LogP contribution in [0.15, 0.2) is 28.8 Å². The van der Waals surface area contributed by atoms with Crippen LogP contribution >= 0.6 is 0 Å². The molecule has 0 bridgehead atoms. The second-order valence-corrected chi connectivity index (χ2v) is 5.96. The molecule has 4 rings (SSSR count). The van der Waals surface area contributed by atoms with Crippen LogP contribution in [-0.4, -0.2) is 19.9 Å². The van der Waals surface area contributed by atoms with Crippen molar-refractivity contribution in [1.82, 2.24) is 19.9 Å². The summed E-state index contributed by atoms with van der Waals surface area (Å²) in [6.07, 6.45) is 1.99. The standard InChI is InChI=1S/C17H18N4O/c1-10-16(11(2)22-20-10)17-18-12(3)19-21(17)15-8-13-6-4-5-7-14(13)9-15/h4-7,15H,8-9H2,1-3H3. The molecular formula is C17H18N4O. The fourth-order valence-corrected chi connectivity index (χ4v) is 3.37. The molecule has 1 aliphatic rings. The van der Waals surface area contributed by atoms with Crippen LogP contribution in [0, 0.1) is 20.8 Å². The Balaban J connectivity index is 1.79. The molecule has 0 spiro atoms. The molecule has 112 valence electrons. The van der Waals surface area contributed by atoms with Gasteiger partial charge in [0.1, 0.15) is 11.6 Å². The number of hydrogen-bond donors (Lipinski definition) is 0. The lowest BCUT2D eigenvalue weighted by Gasteiger charge is -2.12. The molecule has 3 aromatic rings. The van der Waals surface area contributed by atoms with E-state index in [9.17, 15) is 0 Å². The maximum atomic E-state index is 5.31. The monoisotopic (exact) mass is 294 g/mol. The van der Waals surface area contributed by atoms with E-state index in [0.717, 1.165) is 41.5 Å². The Bertz CT molecular complexity index is 802. The topological polar surface area (TPSA) is 56.7 Å². The summed E-state index contributed by atoms with van der Waals surface area (Å²) in [6, 6.07) is 8.91. The van der Waals surface area contributed by atoms with E-state index in [4.69, 9.17) is 4.52 Å². The van der Waals surface area contributed by atoms with Gasteiger partial charge in [-0.3, -0.25) is 0 Å². The summed E-state index contributed by atoms with van der Waals surface area (Å²) in [6.45, 7) is 5.80. The largest absolute Gasteiger partial charge is 0.361 e. The quantitative estimate of drug-likeness (QED) is 0.728. The minimum absolute atomic E-state index is 0.308. The summed E-state index contributed by atoms with van der Waals surface area (Å²) < 4.78 is 7.36. The second kappa shape index (κ2) is 4.80. The van der Waals surface area contributed by atoms with Gasteiger partial charge in [0, 0.05) is 0 Å². The molecule has 0 N–H and O–H groups in total. The number of aryl methyl sites for hydroxylation is 3. The van der Waals surface area contributed by atoms with Gasteiger partial charge in [-0.1, -0.05) is 29.4 Å². The molecule has 0 saturated carbocycles. The van der Waals surface area contributed by atoms with Crippen LogP contribution in [0.5, 0.6) is 0 Å². The Morgan fingerprint density at radius 2 is 1.77 bits per heavy atom. The van der Waals surface area contributed by atoms with Gasteiger partial charge in [-0.15, -0.1) is 0 Å². The first-order chi connectivity index (χ1) is 10.6. The highest BCUT2D eigenvalue weighted by molar-refractivity contribution is 5.60. The molecule has 0 atom stereocenters. The van der Waals surface area contributed by atoms with E-state index in [-0.39, 0.29) is 0 Å². The zero-order valence-corrected chi connectivity index (χ0v) is 13.0. The van der Waals surface area contributed by atoms with Gasteiger partial charge in [-0.2, -0.15) is 5.10 Å². The van der Waals surface area contributed by atoms with Crippen molar-refractivity contribution in [2.24, 2.45) is 0 Å². The fraction of sp³-hybridized carbons (Fsp3) is 0.353. The number of nitrogens with zero attached hydrogens (tertiary/aromatic N) is 4. The molecule has 1 aliphatic carbocycles. The van der Waals surface area contributed by atoms with E-state index in [2.05, 4.69) is 44.2 Å². The van der Waals surface area contributed by atoms with Crippen molar-refractivity contribution in [3.05, 3.63) is 52.7 Å². The average molecular weight is 294 g/mol. The molecule has 0 unspecified atom stereocenters. The summed E-state index contributed by atoms with van der Waals surface area (Å²) in [5, 5.41) is 8.70. The number of aromatic nitrogens is 4. The minimum Gasteiger partial charge on any atom is -0.361 e. The van der Waals surface area contributed by atoms with Crippen molar-refractivity contribution in [2.45, 2.75) is 39.7 Å². The number of fused-ring (bicyclic) bond motifs is 1. The zero-order valence-electron chi connectivity index (χ0n) is 13.0. The van der Waals surface area contributed by atoms with Crippen LogP contribution in [0.25, 0.3) is 11.4 Å². The van der Waals surface area contributed by atoms with Crippen LogP contribution in [0.4, 0.5) is 0 Å². The van der Waals surface area contributed by atoms with Gasteiger partial charge in [0.05, 0.1) is 17.3 Å². The second-order valence-electron chi connectivity index (χ2n) is 5.96. The molecule has 0 saturated heterocycles. The van der Waals surface area contributed by atoms with Crippen LogP contribution in [0.3, 0.4) is 0 Å². The van der Waals surface area contributed by atoms with Crippen molar-refractivity contribution < 1.29 is 4.52 Å². The third-order valence-electron chi connectivity index (χ3n) is 4.37. The first kappa shape index (κ1) is 13.2. The summed E-state index contributed by atoms with van der Waals surface area (Å²) in [5.41, 5.74) is 4.65. The molecule has 0 fully saturated rings. The normalized spacial score (nSPS) is 14.5. The molecule has 2 heterocycles. The fourth-order valence-electron chi connectivity index (χ4n) is 3.37. The molecule has 2 aromatic heterocycles. The molecule has 0 aliphatic heterocycles. The van der Waals surface area contributed by atoms with Crippen molar-refractivity contribution in [3.63, 3.8) is 0 Å². The van der Waals surface area contributed by atoms with E-state index in [1.165, 1.54) is 11.1 Å². The molecule has 0 amide bonds. The molecule has 5 nitrogen and oxygen atoms in total. The van der Waals surface area contributed by atoms with E-state index in [1.807, 2.05) is 20.8 Å². The lowest BCUT2D eigenvalue weighted by molar-refractivity contribution is 0.393. The Hall–Kier alpha value is -2.43. The minimum atomic E-state index is 0.308. The van der Waals surface area contributed by atoms with Gasteiger partial charge in [-0.25, -0.2) is 9.67 Å². The third kappa shape index (κ3) is 1.96. The highest BCUT2D eigenvalue weighted by atomic mass is 16.5. The van der Waals surface area contributed by atoms with Crippen LogP contribution in [0.1, 0.15) is 34.4 Å². The number of rotatable bonds is 2. The number of hydrogen-bond acceptors (Lipinski definition) is 4. The van der Waals surface area contributed by atoms with Crippen LogP contribution < -0.4 is 0 Å². The Morgan fingerprint density at radius 1 is 1.09 bits per heavy atom. The lowest BCUT2D eigenvalue weighted by Crippen LogP contribution is -2.13. The van der Waals surface area contributed by atoms with Gasteiger partial charge in [0.25, 0.3) is 0 Å². The van der Waals surface area contributed by atoms with Crippen molar-refractivity contribution in [1.29, 1.82) is 0 Å². The molecular weight excluding hydrogens is 276 g/mol. The van der Waals surface area contributed by atoms with Crippen molar-refractivity contribution in [3.8, 4) is 11.4 Å². The number of benzene rings is 1. The molecule has 0 radical (unpaired) electrons. The van der Waals surface area contributed by atoms with Gasteiger partial charge in [-0.05, 0) is 44.7 Å². The first-order valence-electron chi connectivity index (χ1n) is 7.56. The SMILES string of the molecule is Cc1nc(-c2c(C)noc2C)n(C2Cc3ccccc3C2)n1. The summed E-state index contributed by atoms with van der Waals surface area (Å²) in [7, 11) is 0. The van der Waals surface area contributed by atoms with E-state index in [1.54, 1.807) is 0 Å². The van der Waals surface area contributed by atoms with E-state index >= 15 is 0 Å². The Morgan fingerprint density at radius 3 is 2.36 bits per heavy atom. The zero-order chi connectivity index (χ0) is 15.3. The van der Waals surface area contributed by atoms with Crippen LogP contribution in [-0.2, 0) is 12.8 Å². The predicted molar refractivity (Wildman–Crippen MR) is 82.6 cm³/mol. The van der Waals surface area contributed by atoms with Crippen molar-refractivity contribution in [2.75, 3.05) is 0 Å². The Kier molecular flexibility index (Phi) is 2.89. The average Bonchev–Trinajstić information content (AvgIpc) is 3.16. The molecule has 1 aromatic carbocycles. The smallest absolute Gasteiger partial charge is 0.164 e. The first-order valence-corrected chi connectivity index (χ1v) is 7.56. The van der Waals surface area contributed by atoms with E-state index < -0.39 is 0 Å². The highest BCUT2D eigenvalue weighted by Gasteiger charge is 2.28. The molecule has 5 heteroatoms. The van der Waals surface area contributed by atoms with Gasteiger partial charge in [0.2, 0.25) is 0 Å². The summed E-state index contributed by atoms with van der Waals surface area (Å²) >= 11 is 0. The maximum Gasteiger partial charge on any atom is 0.164 e. The third-order valence-corrected chi connectivity index (χ3v) is 4.37. The van der Waals surface area contributed by atoms with Gasteiger partial charge >= 0.3 is 0 Å². The van der Waals surface area contributed by atoms with E-state index in [0.29, 0.717) is 6.04 Å². The van der Waals surface area contributed by atoms with Gasteiger partial charge in [0.15, 0.2) is 5.82 Å². The van der Waals surface area contributed by atoms with Crippen molar-refractivity contribution >= 4 is 0 Å². The Labute approximate surface area is 129 Å². The summed E-state index contributed by atoms with van der Waals surface area (Å²) in [4.78, 5) is 4.63. The molecule has 22 heavy (non-hydrogen) atoms. The highest BCUT2D eigenvalue weighted by Crippen LogP contribution is 2.34. The lowest BCUT2D eigenvalue weighted by atomic mass is 10.1. The summed E-state index contributed by atoms with van der Waals surface area (Å²) in [5.74, 6) is 2.44. The maximum absolute atomic E-state index is 5.31.